The Morgan fingerprint density at radius 1 is 1.13 bits per heavy atom. The Bertz CT molecular complexity index is 942. The first-order valence-electron chi connectivity index (χ1n) is 10.5. The second-order valence-electron chi connectivity index (χ2n) is 7.95. The van der Waals surface area contributed by atoms with Crippen molar-refractivity contribution in [3.8, 4) is 0 Å². The van der Waals surface area contributed by atoms with E-state index in [4.69, 9.17) is 4.74 Å². The fraction of sp³-hybridized carbons (Fsp3) is 0.375. The first-order valence-corrected chi connectivity index (χ1v) is 10.5. The van der Waals surface area contributed by atoms with Gasteiger partial charge >= 0.3 is 0 Å². The van der Waals surface area contributed by atoms with Crippen LogP contribution in [-0.4, -0.2) is 44.8 Å². The lowest BCUT2D eigenvalue weighted by atomic mass is 9.88. The van der Waals surface area contributed by atoms with Gasteiger partial charge in [-0.25, -0.2) is 0 Å². The predicted octanol–water partition coefficient (Wildman–Crippen LogP) is 3.03. The first kappa shape index (κ1) is 20.3. The molecule has 3 heterocycles. The second-order valence-corrected chi connectivity index (χ2v) is 7.95. The Hall–Kier alpha value is -2.99. The van der Waals surface area contributed by atoms with Crippen molar-refractivity contribution in [2.75, 3.05) is 13.1 Å². The number of likely N-dealkylation sites (tertiary alicyclic amines) is 1. The van der Waals surface area contributed by atoms with Crippen molar-refractivity contribution in [3.63, 3.8) is 0 Å². The summed E-state index contributed by atoms with van der Waals surface area (Å²) in [5, 5.41) is 4.35. The molecule has 0 bridgehead atoms. The smallest absolute Gasteiger partial charge is 0.228 e. The van der Waals surface area contributed by atoms with Crippen molar-refractivity contribution >= 4 is 5.91 Å². The number of aromatic nitrogens is 3. The zero-order valence-corrected chi connectivity index (χ0v) is 17.4. The summed E-state index contributed by atoms with van der Waals surface area (Å²) in [5.41, 5.74) is 3.16. The van der Waals surface area contributed by atoms with Gasteiger partial charge in [0.25, 0.3) is 0 Å². The zero-order chi connectivity index (χ0) is 20.8. The molecule has 1 aromatic carbocycles. The number of nitrogens with zero attached hydrogens (tertiary/aromatic N) is 4. The number of benzene rings is 1. The highest BCUT2D eigenvalue weighted by Crippen LogP contribution is 2.25. The number of hydrogen-bond donors (Lipinski definition) is 0. The van der Waals surface area contributed by atoms with Crippen LogP contribution in [-0.2, 0) is 36.0 Å². The van der Waals surface area contributed by atoms with Crippen LogP contribution in [0.5, 0.6) is 0 Å². The standard InChI is InChI=1S/C24H28N4O2/c1-27-12-9-22(26-27)15-24(29)28-13-10-23(30-18-20-8-5-11-25-16-20)21(17-28)14-19-6-3-2-4-7-19/h2-9,11-12,16,21,23H,10,13-15,17-18H2,1H3/t21-,23-/m1/s1. The lowest BCUT2D eigenvalue weighted by Crippen LogP contribution is -2.48. The maximum Gasteiger partial charge on any atom is 0.228 e. The lowest BCUT2D eigenvalue weighted by Gasteiger charge is -2.38. The molecule has 6 heteroatoms. The van der Waals surface area contributed by atoms with E-state index in [-0.39, 0.29) is 17.9 Å². The van der Waals surface area contributed by atoms with Gasteiger partial charge in [-0.15, -0.1) is 0 Å². The van der Waals surface area contributed by atoms with Crippen LogP contribution in [0.4, 0.5) is 0 Å². The van der Waals surface area contributed by atoms with Crippen LogP contribution in [0.2, 0.25) is 0 Å². The molecular formula is C24H28N4O2. The van der Waals surface area contributed by atoms with E-state index in [2.05, 4.69) is 34.3 Å². The van der Waals surface area contributed by atoms with Crippen LogP contribution in [0, 0.1) is 5.92 Å². The number of amides is 1. The van der Waals surface area contributed by atoms with Gasteiger partial charge < -0.3 is 9.64 Å². The number of ether oxygens (including phenoxy) is 1. The number of carbonyl (C=O) groups excluding carboxylic acids is 1. The summed E-state index contributed by atoms with van der Waals surface area (Å²) in [7, 11) is 1.87. The molecule has 1 aliphatic heterocycles. The van der Waals surface area contributed by atoms with Gasteiger partial charge in [0.05, 0.1) is 24.8 Å². The maximum atomic E-state index is 12.9. The van der Waals surface area contributed by atoms with E-state index in [1.54, 1.807) is 10.9 Å². The summed E-state index contributed by atoms with van der Waals surface area (Å²) in [6.45, 7) is 1.97. The molecule has 1 amide bonds. The molecule has 2 atom stereocenters. The topological polar surface area (TPSA) is 60.2 Å². The Morgan fingerprint density at radius 2 is 1.97 bits per heavy atom. The molecule has 0 N–H and O–H groups in total. The third-order valence-electron chi connectivity index (χ3n) is 5.65. The second kappa shape index (κ2) is 9.67. The van der Waals surface area contributed by atoms with E-state index >= 15 is 0 Å². The number of aryl methyl sites for hydroxylation is 1. The highest BCUT2D eigenvalue weighted by atomic mass is 16.5. The van der Waals surface area contributed by atoms with E-state index in [9.17, 15) is 4.79 Å². The highest BCUT2D eigenvalue weighted by Gasteiger charge is 2.32. The normalized spacial score (nSPS) is 19.0. The summed E-state index contributed by atoms with van der Waals surface area (Å²) in [6, 6.07) is 16.3. The summed E-state index contributed by atoms with van der Waals surface area (Å²) in [4.78, 5) is 19.0. The maximum absolute atomic E-state index is 12.9. The monoisotopic (exact) mass is 404 g/mol. The van der Waals surface area contributed by atoms with Gasteiger partial charge in [-0.05, 0) is 36.1 Å². The third kappa shape index (κ3) is 5.33. The molecule has 0 unspecified atom stereocenters. The molecule has 0 aliphatic carbocycles. The number of piperidine rings is 1. The van der Waals surface area contributed by atoms with Crippen molar-refractivity contribution < 1.29 is 9.53 Å². The van der Waals surface area contributed by atoms with Gasteiger partial charge in [0.15, 0.2) is 0 Å². The van der Waals surface area contributed by atoms with Gasteiger partial charge in [0.1, 0.15) is 0 Å². The minimum Gasteiger partial charge on any atom is -0.373 e. The van der Waals surface area contributed by atoms with Crippen molar-refractivity contribution in [2.45, 2.75) is 32.0 Å². The Kier molecular flexibility index (Phi) is 6.54. The molecule has 1 aliphatic rings. The van der Waals surface area contributed by atoms with Crippen molar-refractivity contribution in [1.29, 1.82) is 0 Å². The van der Waals surface area contributed by atoms with Crippen LogP contribution in [0.15, 0.2) is 67.1 Å². The minimum absolute atomic E-state index is 0.115. The molecule has 0 radical (unpaired) electrons. The highest BCUT2D eigenvalue weighted by molar-refractivity contribution is 5.78. The average Bonchev–Trinajstić information content (AvgIpc) is 3.18. The molecular weight excluding hydrogens is 376 g/mol. The van der Waals surface area contributed by atoms with Crippen molar-refractivity contribution in [2.24, 2.45) is 13.0 Å². The van der Waals surface area contributed by atoms with Crippen LogP contribution < -0.4 is 0 Å². The molecule has 30 heavy (non-hydrogen) atoms. The van der Waals surface area contributed by atoms with Gasteiger partial charge in [-0.2, -0.15) is 5.10 Å². The SMILES string of the molecule is Cn1ccc(CC(=O)N2CC[C@@H](OCc3cccnc3)[C@H](Cc3ccccc3)C2)n1. The fourth-order valence-corrected chi connectivity index (χ4v) is 4.08. The van der Waals surface area contributed by atoms with E-state index < -0.39 is 0 Å². The molecule has 156 valence electrons. The largest absolute Gasteiger partial charge is 0.373 e. The number of rotatable bonds is 7. The minimum atomic E-state index is 0.115. The Morgan fingerprint density at radius 3 is 2.70 bits per heavy atom. The Labute approximate surface area is 177 Å². The van der Waals surface area contributed by atoms with Gasteiger partial charge in [0, 0.05) is 44.6 Å². The van der Waals surface area contributed by atoms with E-state index in [1.807, 2.05) is 48.6 Å². The van der Waals surface area contributed by atoms with E-state index in [0.717, 1.165) is 24.1 Å². The van der Waals surface area contributed by atoms with Gasteiger partial charge in [-0.1, -0.05) is 36.4 Å². The van der Waals surface area contributed by atoms with Gasteiger partial charge in [-0.3, -0.25) is 14.5 Å². The first-order chi connectivity index (χ1) is 14.7. The molecule has 0 saturated carbocycles. The molecule has 2 aromatic heterocycles. The van der Waals surface area contributed by atoms with Gasteiger partial charge in [0.2, 0.25) is 5.91 Å². The van der Waals surface area contributed by atoms with Crippen LogP contribution in [0.1, 0.15) is 23.2 Å². The lowest BCUT2D eigenvalue weighted by molar-refractivity contribution is -0.136. The zero-order valence-electron chi connectivity index (χ0n) is 17.4. The van der Waals surface area contributed by atoms with Crippen LogP contribution in [0.3, 0.4) is 0 Å². The van der Waals surface area contributed by atoms with E-state index in [0.29, 0.717) is 26.1 Å². The van der Waals surface area contributed by atoms with E-state index in [1.165, 1.54) is 5.56 Å². The number of carbonyl (C=O) groups is 1. The van der Waals surface area contributed by atoms with Crippen molar-refractivity contribution in [1.82, 2.24) is 19.7 Å². The molecule has 6 nitrogen and oxygen atoms in total. The van der Waals surface area contributed by atoms with Crippen LogP contribution in [0.25, 0.3) is 0 Å². The third-order valence-corrected chi connectivity index (χ3v) is 5.65. The van der Waals surface area contributed by atoms with Crippen LogP contribution >= 0.6 is 0 Å². The average molecular weight is 405 g/mol. The predicted molar refractivity (Wildman–Crippen MR) is 115 cm³/mol. The fourth-order valence-electron chi connectivity index (χ4n) is 4.08. The molecule has 1 saturated heterocycles. The molecule has 1 fully saturated rings. The van der Waals surface area contributed by atoms with Crippen molar-refractivity contribution in [3.05, 3.63) is 83.9 Å². The number of hydrogen-bond acceptors (Lipinski definition) is 4. The number of pyridine rings is 1. The Balaban J connectivity index is 1.42. The molecule has 4 rings (SSSR count). The summed E-state index contributed by atoms with van der Waals surface area (Å²) < 4.78 is 8.05. The molecule has 0 spiro atoms. The summed E-state index contributed by atoms with van der Waals surface area (Å²) >= 11 is 0. The summed E-state index contributed by atoms with van der Waals surface area (Å²) in [5.74, 6) is 0.392. The quantitative estimate of drug-likeness (QED) is 0.607. The molecule has 3 aromatic rings. The summed E-state index contributed by atoms with van der Waals surface area (Å²) in [6.07, 6.45) is 7.69.